The van der Waals surface area contributed by atoms with Crippen LogP contribution in [0.25, 0.3) is 10.9 Å². The largest absolute Gasteiger partial charge is 0.379 e. The van der Waals surface area contributed by atoms with E-state index >= 15 is 0 Å². The summed E-state index contributed by atoms with van der Waals surface area (Å²) in [6.07, 6.45) is 2.99. The monoisotopic (exact) mass is 503 g/mol. The summed E-state index contributed by atoms with van der Waals surface area (Å²) in [4.78, 5) is 12.1. The molecule has 1 heterocycles. The maximum absolute atomic E-state index is 13.9. The van der Waals surface area contributed by atoms with Crippen molar-refractivity contribution in [1.82, 2.24) is 4.57 Å². The minimum atomic E-state index is -5.01. The molecule has 12 heteroatoms. The molecule has 34 heavy (non-hydrogen) atoms. The second-order valence-electron chi connectivity index (χ2n) is 7.82. The van der Waals surface area contributed by atoms with Gasteiger partial charge in [0.15, 0.2) is 0 Å². The van der Waals surface area contributed by atoms with Crippen molar-refractivity contribution in [2.24, 2.45) is 0 Å². The zero-order valence-electron chi connectivity index (χ0n) is 17.7. The Morgan fingerprint density at radius 1 is 0.882 bits per heavy atom. The van der Waals surface area contributed by atoms with Gasteiger partial charge >= 0.3 is 10.1 Å². The van der Waals surface area contributed by atoms with Gasteiger partial charge in [0.1, 0.15) is 4.90 Å². The highest BCUT2D eigenvalue weighted by Gasteiger charge is 2.32. The Labute approximate surface area is 190 Å². The van der Waals surface area contributed by atoms with Crippen molar-refractivity contribution in [3.8, 4) is 5.75 Å². The molecule has 0 bridgehead atoms. The number of methoxy groups -OCH3 is 1. The predicted octanol–water partition coefficient (Wildman–Crippen LogP) is 4.59. The van der Waals surface area contributed by atoms with Gasteiger partial charge in [0.2, 0.25) is 34.8 Å². The van der Waals surface area contributed by atoms with Gasteiger partial charge in [-0.3, -0.25) is 4.79 Å². The summed E-state index contributed by atoms with van der Waals surface area (Å²) in [5.74, 6) is -13.9. The maximum atomic E-state index is 13.9. The third kappa shape index (κ3) is 4.05. The number of fused-ring (bicyclic) bond motifs is 1. The van der Waals surface area contributed by atoms with Gasteiger partial charge in [-0.15, -0.1) is 0 Å². The summed E-state index contributed by atoms with van der Waals surface area (Å²) < 4.78 is 105. The van der Waals surface area contributed by atoms with E-state index in [1.807, 2.05) is 0 Å². The van der Waals surface area contributed by atoms with E-state index in [-0.39, 0.29) is 23.1 Å². The molecule has 0 aliphatic heterocycles. The number of ether oxygens (including phenoxy) is 1. The Kier molecular flexibility index (Phi) is 6.38. The van der Waals surface area contributed by atoms with Crippen LogP contribution in [0.15, 0.2) is 40.0 Å². The second kappa shape index (κ2) is 8.99. The number of benzene rings is 2. The van der Waals surface area contributed by atoms with Crippen LogP contribution in [0.5, 0.6) is 5.75 Å². The van der Waals surface area contributed by atoms with Gasteiger partial charge in [-0.05, 0) is 42.5 Å². The topological polar surface area (TPSA) is 74.6 Å². The summed E-state index contributed by atoms with van der Waals surface area (Å²) >= 11 is 0. The normalized spacial score (nSPS) is 18.9. The number of rotatable bonds is 5. The van der Waals surface area contributed by atoms with E-state index in [0.717, 1.165) is 31.4 Å². The van der Waals surface area contributed by atoms with Crippen LogP contribution < -0.4 is 9.74 Å². The van der Waals surface area contributed by atoms with Gasteiger partial charge in [-0.25, -0.2) is 13.2 Å². The standard InChI is InChI=1S/C22H18F5NO5S/c1-32-15-5-3-2-4-14(15)28-13-8-7-12(10-11(13)6-9-16(28)29)34(30,31)33-22-20(26)18(24)17(23)19(25)21(22)27/h6-10,14-15H,2-5H2,1H3/t14-,15-/m0/s1. The number of nitrogens with zero attached hydrogens (tertiary/aromatic N) is 1. The molecule has 1 aliphatic carbocycles. The molecule has 0 amide bonds. The Bertz CT molecular complexity index is 1410. The summed E-state index contributed by atoms with van der Waals surface area (Å²) in [7, 11) is -3.47. The van der Waals surface area contributed by atoms with Gasteiger partial charge in [-0.1, -0.05) is 12.8 Å². The highest BCUT2D eigenvalue weighted by atomic mass is 32.2. The molecule has 3 aromatic rings. The lowest BCUT2D eigenvalue weighted by Crippen LogP contribution is -2.35. The molecule has 0 spiro atoms. The summed E-state index contributed by atoms with van der Waals surface area (Å²) in [6.45, 7) is 0. The van der Waals surface area contributed by atoms with E-state index in [2.05, 4.69) is 4.18 Å². The van der Waals surface area contributed by atoms with Gasteiger partial charge in [0, 0.05) is 13.2 Å². The predicted molar refractivity (Wildman–Crippen MR) is 111 cm³/mol. The van der Waals surface area contributed by atoms with Crippen molar-refractivity contribution in [2.45, 2.75) is 42.7 Å². The molecule has 0 N–H and O–H groups in total. The molecular formula is C22H18F5NO5S. The van der Waals surface area contributed by atoms with Crippen LogP contribution in [-0.2, 0) is 14.9 Å². The third-order valence-electron chi connectivity index (χ3n) is 5.85. The van der Waals surface area contributed by atoms with Gasteiger partial charge in [0.25, 0.3) is 5.56 Å². The van der Waals surface area contributed by atoms with E-state index in [0.29, 0.717) is 11.9 Å². The van der Waals surface area contributed by atoms with Crippen LogP contribution in [0, 0.1) is 29.1 Å². The van der Waals surface area contributed by atoms with Crippen molar-refractivity contribution >= 4 is 21.0 Å². The Balaban J connectivity index is 1.78. The van der Waals surface area contributed by atoms with Gasteiger partial charge in [-0.2, -0.15) is 17.2 Å². The molecule has 0 unspecified atom stereocenters. The number of hydrogen-bond acceptors (Lipinski definition) is 5. The average Bonchev–Trinajstić information content (AvgIpc) is 2.84. The lowest BCUT2D eigenvalue weighted by atomic mass is 9.91. The van der Waals surface area contributed by atoms with Crippen LogP contribution in [0.2, 0.25) is 0 Å². The van der Waals surface area contributed by atoms with Crippen LogP contribution >= 0.6 is 0 Å². The van der Waals surface area contributed by atoms with Crippen molar-refractivity contribution in [3.63, 3.8) is 0 Å². The van der Waals surface area contributed by atoms with Crippen LogP contribution in [-0.4, -0.2) is 26.2 Å². The first kappa shape index (κ1) is 24.1. The molecule has 182 valence electrons. The number of halogens is 5. The van der Waals surface area contributed by atoms with Crippen molar-refractivity contribution in [1.29, 1.82) is 0 Å². The van der Waals surface area contributed by atoms with E-state index in [1.54, 1.807) is 7.11 Å². The van der Waals surface area contributed by atoms with E-state index in [1.165, 1.54) is 22.8 Å². The highest BCUT2D eigenvalue weighted by Crippen LogP contribution is 2.34. The van der Waals surface area contributed by atoms with Crippen LogP contribution in [0.3, 0.4) is 0 Å². The zero-order chi connectivity index (χ0) is 24.8. The number of hydrogen-bond donors (Lipinski definition) is 0. The molecule has 6 nitrogen and oxygen atoms in total. The number of aromatic nitrogens is 1. The first-order valence-corrected chi connectivity index (χ1v) is 11.6. The minimum Gasteiger partial charge on any atom is -0.379 e. The third-order valence-corrected chi connectivity index (χ3v) is 7.07. The number of pyridine rings is 1. The van der Waals surface area contributed by atoms with Crippen LogP contribution in [0.4, 0.5) is 22.0 Å². The molecule has 2 atom stereocenters. The Morgan fingerprint density at radius 3 is 2.15 bits per heavy atom. The van der Waals surface area contributed by atoms with E-state index in [4.69, 9.17) is 4.74 Å². The van der Waals surface area contributed by atoms with Gasteiger partial charge < -0.3 is 13.5 Å². The SMILES string of the molecule is CO[C@H]1CCCC[C@@H]1n1c(=O)ccc2cc(S(=O)(=O)Oc3c(F)c(F)c(F)c(F)c3F)ccc21. The van der Waals surface area contributed by atoms with Crippen molar-refractivity contribution in [2.75, 3.05) is 7.11 Å². The fraction of sp³-hybridized carbons (Fsp3) is 0.318. The Morgan fingerprint density at radius 2 is 1.50 bits per heavy atom. The lowest BCUT2D eigenvalue weighted by Gasteiger charge is -2.32. The summed E-state index contributed by atoms with van der Waals surface area (Å²) in [5.41, 5.74) is 0.0614. The molecule has 1 saturated carbocycles. The molecule has 1 aromatic heterocycles. The molecule has 0 saturated heterocycles. The molecule has 4 rings (SSSR count). The quantitative estimate of drug-likeness (QED) is 0.220. The van der Waals surface area contributed by atoms with Crippen molar-refractivity contribution in [3.05, 3.63) is 69.8 Å². The fourth-order valence-electron chi connectivity index (χ4n) is 4.21. The maximum Gasteiger partial charge on any atom is 0.339 e. The molecule has 2 aromatic carbocycles. The Hall–Kier alpha value is -2.99. The second-order valence-corrected chi connectivity index (χ2v) is 9.37. The highest BCUT2D eigenvalue weighted by molar-refractivity contribution is 7.87. The van der Waals surface area contributed by atoms with E-state index in [9.17, 15) is 35.2 Å². The fourth-order valence-corrected chi connectivity index (χ4v) is 5.17. The van der Waals surface area contributed by atoms with Gasteiger partial charge in [0.05, 0.1) is 17.7 Å². The average molecular weight is 503 g/mol. The lowest BCUT2D eigenvalue weighted by molar-refractivity contribution is 0.0293. The first-order valence-electron chi connectivity index (χ1n) is 10.2. The smallest absolute Gasteiger partial charge is 0.339 e. The van der Waals surface area contributed by atoms with Crippen LogP contribution in [0.1, 0.15) is 31.7 Å². The summed E-state index contributed by atoms with van der Waals surface area (Å²) in [5, 5.41) is 0.280. The minimum absolute atomic E-state index is 0.224. The first-order chi connectivity index (χ1) is 16.1. The van der Waals surface area contributed by atoms with E-state index < -0.39 is 49.8 Å². The molecule has 0 radical (unpaired) electrons. The van der Waals surface area contributed by atoms with Crippen molar-refractivity contribution < 1.29 is 39.3 Å². The molecule has 1 aliphatic rings. The molecular weight excluding hydrogens is 485 g/mol. The zero-order valence-corrected chi connectivity index (χ0v) is 18.5. The summed E-state index contributed by atoms with van der Waals surface area (Å²) in [6, 6.07) is 5.72. The molecule has 1 fully saturated rings.